The van der Waals surface area contributed by atoms with Crippen molar-refractivity contribution in [2.45, 2.75) is 13.8 Å². The fourth-order valence-electron chi connectivity index (χ4n) is 1.62. The molecule has 1 aromatic heterocycles. The molecule has 3 N–H and O–H groups in total. The van der Waals surface area contributed by atoms with Crippen molar-refractivity contribution in [3.8, 4) is 0 Å². The van der Waals surface area contributed by atoms with E-state index in [9.17, 15) is 0 Å². The van der Waals surface area contributed by atoms with Crippen molar-refractivity contribution < 1.29 is 0 Å². The van der Waals surface area contributed by atoms with Crippen molar-refractivity contribution >= 4 is 17.6 Å². The van der Waals surface area contributed by atoms with E-state index in [4.69, 9.17) is 5.73 Å². The fourth-order valence-corrected chi connectivity index (χ4v) is 1.62. The highest BCUT2D eigenvalue weighted by Gasteiger charge is 1.99. The number of aryl methyl sites for hydroxylation is 2. The first-order chi connectivity index (χ1) is 7.66. The first kappa shape index (κ1) is 10.5. The molecule has 0 amide bonds. The Morgan fingerprint density at radius 3 is 2.62 bits per heavy atom. The molecule has 0 fully saturated rings. The lowest BCUT2D eigenvalue weighted by Crippen LogP contribution is -1.87. The predicted molar refractivity (Wildman–Crippen MR) is 68.4 cm³/mol. The van der Waals surface area contributed by atoms with E-state index in [1.54, 1.807) is 0 Å². The number of anilines is 1. The third kappa shape index (κ3) is 2.14. The monoisotopic (exact) mass is 213 g/mol. The second kappa shape index (κ2) is 4.23. The normalized spacial score (nSPS) is 11.1. The zero-order valence-electron chi connectivity index (χ0n) is 9.49. The van der Waals surface area contributed by atoms with Crippen molar-refractivity contribution in [3.05, 3.63) is 47.3 Å². The van der Waals surface area contributed by atoms with Gasteiger partial charge in [0.05, 0.1) is 23.3 Å². The van der Waals surface area contributed by atoms with Gasteiger partial charge in [0.1, 0.15) is 0 Å². The summed E-state index contributed by atoms with van der Waals surface area (Å²) in [6, 6.07) is 9.67. The van der Waals surface area contributed by atoms with Crippen LogP contribution in [0, 0.1) is 13.8 Å². The number of aliphatic imine (C=N–C) groups is 1. The maximum absolute atomic E-state index is 5.80. The molecule has 3 heteroatoms. The number of hydrogen-bond donors (Lipinski definition) is 2. The van der Waals surface area contributed by atoms with E-state index in [1.165, 1.54) is 5.56 Å². The van der Waals surface area contributed by atoms with Crippen molar-refractivity contribution in [2.24, 2.45) is 4.99 Å². The van der Waals surface area contributed by atoms with Crippen LogP contribution in [0.4, 0.5) is 11.4 Å². The second-order valence-corrected chi connectivity index (χ2v) is 3.87. The third-order valence-corrected chi connectivity index (χ3v) is 2.46. The lowest BCUT2D eigenvalue weighted by molar-refractivity contribution is 1.25. The summed E-state index contributed by atoms with van der Waals surface area (Å²) in [5.74, 6) is 0. The molecule has 0 saturated heterocycles. The van der Waals surface area contributed by atoms with Gasteiger partial charge in [-0.3, -0.25) is 4.99 Å². The van der Waals surface area contributed by atoms with E-state index in [0.29, 0.717) is 5.69 Å². The summed E-state index contributed by atoms with van der Waals surface area (Å²) in [5.41, 5.74) is 10.7. The summed E-state index contributed by atoms with van der Waals surface area (Å²) in [4.78, 5) is 7.61. The Labute approximate surface area is 95.0 Å². The van der Waals surface area contributed by atoms with Crippen molar-refractivity contribution in [1.82, 2.24) is 4.98 Å². The molecule has 0 aliphatic rings. The van der Waals surface area contributed by atoms with Gasteiger partial charge in [0, 0.05) is 5.69 Å². The van der Waals surface area contributed by atoms with Crippen LogP contribution < -0.4 is 5.73 Å². The van der Waals surface area contributed by atoms with Crippen LogP contribution in [0.25, 0.3) is 0 Å². The number of nitrogens with two attached hydrogens (primary N) is 1. The van der Waals surface area contributed by atoms with Gasteiger partial charge in [0.25, 0.3) is 0 Å². The van der Waals surface area contributed by atoms with E-state index in [1.807, 2.05) is 37.4 Å². The van der Waals surface area contributed by atoms with E-state index in [0.717, 1.165) is 17.1 Å². The van der Waals surface area contributed by atoms with Crippen LogP contribution in [-0.2, 0) is 0 Å². The van der Waals surface area contributed by atoms with Gasteiger partial charge < -0.3 is 10.7 Å². The largest absolute Gasteiger partial charge is 0.397 e. The van der Waals surface area contributed by atoms with Crippen LogP contribution in [0.15, 0.2) is 35.3 Å². The highest BCUT2D eigenvalue weighted by Crippen LogP contribution is 2.20. The first-order valence-corrected chi connectivity index (χ1v) is 5.21. The SMILES string of the molecule is Cc1cc(C)c(C=Nc2ccccc2N)[nH]1. The lowest BCUT2D eigenvalue weighted by atomic mass is 10.2. The summed E-state index contributed by atoms with van der Waals surface area (Å²) in [6.45, 7) is 4.08. The zero-order valence-corrected chi connectivity index (χ0v) is 9.49. The number of nitrogen functional groups attached to an aromatic ring is 1. The van der Waals surface area contributed by atoms with Gasteiger partial charge in [-0.2, -0.15) is 0 Å². The maximum Gasteiger partial charge on any atom is 0.0859 e. The molecule has 82 valence electrons. The Morgan fingerprint density at radius 1 is 1.25 bits per heavy atom. The minimum atomic E-state index is 0.694. The molecule has 0 spiro atoms. The minimum absolute atomic E-state index is 0.694. The number of nitrogens with one attached hydrogen (secondary N) is 1. The van der Waals surface area contributed by atoms with Crippen molar-refractivity contribution in [1.29, 1.82) is 0 Å². The van der Waals surface area contributed by atoms with Crippen molar-refractivity contribution in [2.75, 3.05) is 5.73 Å². The van der Waals surface area contributed by atoms with Gasteiger partial charge in [-0.25, -0.2) is 0 Å². The number of benzene rings is 1. The van der Waals surface area contributed by atoms with Crippen LogP contribution in [-0.4, -0.2) is 11.2 Å². The molecular formula is C13H15N3. The minimum Gasteiger partial charge on any atom is -0.397 e. The molecule has 16 heavy (non-hydrogen) atoms. The van der Waals surface area contributed by atoms with E-state index >= 15 is 0 Å². The molecule has 2 rings (SSSR count). The first-order valence-electron chi connectivity index (χ1n) is 5.21. The second-order valence-electron chi connectivity index (χ2n) is 3.87. The number of nitrogens with zero attached hydrogens (tertiary/aromatic N) is 1. The average Bonchev–Trinajstić information content (AvgIpc) is 2.56. The number of aromatic nitrogens is 1. The molecule has 0 bridgehead atoms. The van der Waals surface area contributed by atoms with E-state index < -0.39 is 0 Å². The van der Waals surface area contributed by atoms with Gasteiger partial charge in [0.2, 0.25) is 0 Å². The Balaban J connectivity index is 2.28. The molecule has 0 aliphatic heterocycles. The lowest BCUT2D eigenvalue weighted by Gasteiger charge is -1.97. The van der Waals surface area contributed by atoms with Crippen LogP contribution >= 0.6 is 0 Å². The third-order valence-electron chi connectivity index (χ3n) is 2.46. The molecule has 0 atom stereocenters. The maximum atomic E-state index is 5.80. The van der Waals surface area contributed by atoms with Crippen LogP contribution in [0.2, 0.25) is 0 Å². The van der Waals surface area contributed by atoms with E-state index in [-0.39, 0.29) is 0 Å². The molecule has 1 aromatic carbocycles. The quantitative estimate of drug-likeness (QED) is 0.584. The Hall–Kier alpha value is -2.03. The topological polar surface area (TPSA) is 54.2 Å². The van der Waals surface area contributed by atoms with Crippen molar-refractivity contribution in [3.63, 3.8) is 0 Å². The highest BCUT2D eigenvalue weighted by atomic mass is 14.8. The molecular weight excluding hydrogens is 198 g/mol. The summed E-state index contributed by atoms with van der Waals surface area (Å²) >= 11 is 0. The highest BCUT2D eigenvalue weighted by molar-refractivity contribution is 5.83. The van der Waals surface area contributed by atoms with Gasteiger partial charge >= 0.3 is 0 Å². The average molecular weight is 213 g/mol. The number of para-hydroxylation sites is 2. The van der Waals surface area contributed by atoms with Crippen LogP contribution in [0.5, 0.6) is 0 Å². The van der Waals surface area contributed by atoms with Gasteiger partial charge in [-0.1, -0.05) is 12.1 Å². The molecule has 1 heterocycles. The fraction of sp³-hybridized carbons (Fsp3) is 0.154. The van der Waals surface area contributed by atoms with Crippen LogP contribution in [0.3, 0.4) is 0 Å². The molecule has 0 unspecified atom stereocenters. The number of hydrogen-bond acceptors (Lipinski definition) is 2. The number of rotatable bonds is 2. The van der Waals surface area contributed by atoms with Gasteiger partial charge in [-0.05, 0) is 37.6 Å². The predicted octanol–water partition coefficient (Wildman–Crippen LogP) is 2.96. The zero-order chi connectivity index (χ0) is 11.5. The number of H-pyrrole nitrogens is 1. The van der Waals surface area contributed by atoms with Gasteiger partial charge in [0.15, 0.2) is 0 Å². The Bertz CT molecular complexity index is 524. The molecule has 0 saturated carbocycles. The summed E-state index contributed by atoms with van der Waals surface area (Å²) < 4.78 is 0. The summed E-state index contributed by atoms with van der Waals surface area (Å²) in [7, 11) is 0. The van der Waals surface area contributed by atoms with Gasteiger partial charge in [-0.15, -0.1) is 0 Å². The Morgan fingerprint density at radius 2 is 2.00 bits per heavy atom. The smallest absolute Gasteiger partial charge is 0.0859 e. The molecule has 3 nitrogen and oxygen atoms in total. The number of aromatic amines is 1. The molecule has 0 radical (unpaired) electrons. The standard InChI is InChI=1S/C13H15N3/c1-9-7-10(2)16-13(9)8-15-12-6-4-3-5-11(12)14/h3-8,16H,14H2,1-2H3. The molecule has 0 aliphatic carbocycles. The summed E-state index contributed by atoms with van der Waals surface area (Å²) in [6.07, 6.45) is 1.81. The Kier molecular flexibility index (Phi) is 2.77. The molecule has 2 aromatic rings. The van der Waals surface area contributed by atoms with Crippen LogP contribution in [0.1, 0.15) is 17.0 Å². The van der Waals surface area contributed by atoms with E-state index in [2.05, 4.69) is 23.0 Å². The summed E-state index contributed by atoms with van der Waals surface area (Å²) in [5, 5.41) is 0.